The lowest BCUT2D eigenvalue weighted by molar-refractivity contribution is -0.145. The van der Waals surface area contributed by atoms with E-state index >= 15 is 0 Å². The fraction of sp³-hybridized carbons (Fsp3) is 0.423. The first-order valence-electron chi connectivity index (χ1n) is 11.5. The summed E-state index contributed by atoms with van der Waals surface area (Å²) in [6.45, 7) is 1.90. The van der Waals surface area contributed by atoms with E-state index in [9.17, 15) is 19.5 Å². The average molecular weight is 483 g/mol. The maximum absolute atomic E-state index is 13.2. The van der Waals surface area contributed by atoms with Crippen LogP contribution in [0.5, 0.6) is 0 Å². The van der Waals surface area contributed by atoms with Gasteiger partial charge in [0.05, 0.1) is 25.4 Å². The lowest BCUT2D eigenvalue weighted by atomic mass is 9.98. The predicted molar refractivity (Wildman–Crippen MR) is 127 cm³/mol. The number of carboxylic acid groups (broad SMARTS) is 1. The minimum absolute atomic E-state index is 0.0297. The molecular weight excluding hydrogens is 452 g/mol. The molecule has 1 saturated heterocycles. The van der Waals surface area contributed by atoms with Crippen molar-refractivity contribution in [3.05, 3.63) is 59.7 Å². The lowest BCUT2D eigenvalue weighted by Gasteiger charge is -2.32. The summed E-state index contributed by atoms with van der Waals surface area (Å²) in [6.07, 6.45) is -1.42. The summed E-state index contributed by atoms with van der Waals surface area (Å²) in [5.41, 5.74) is 4.40. The zero-order valence-corrected chi connectivity index (χ0v) is 20.0. The molecule has 0 aromatic heterocycles. The molecule has 4 rings (SSSR count). The lowest BCUT2D eigenvalue weighted by Crippen LogP contribution is -2.57. The number of methoxy groups -OCH3 is 1. The average Bonchev–Trinajstić information content (AvgIpc) is 3.48. The molecule has 1 fully saturated rings. The normalized spacial score (nSPS) is 20.4. The number of carbonyl (C=O) groups excluding carboxylic acids is 2. The second kappa shape index (κ2) is 10.5. The molecule has 4 atom stereocenters. The Morgan fingerprint density at radius 3 is 2.26 bits per heavy atom. The van der Waals surface area contributed by atoms with Gasteiger partial charge < -0.3 is 29.5 Å². The summed E-state index contributed by atoms with van der Waals surface area (Å²) in [5.74, 6) is -2.46. The minimum atomic E-state index is -1.06. The van der Waals surface area contributed by atoms with Crippen molar-refractivity contribution >= 4 is 18.0 Å². The molecule has 2 amide bonds. The van der Waals surface area contributed by atoms with Gasteiger partial charge in [0.25, 0.3) is 0 Å². The van der Waals surface area contributed by atoms with Crippen molar-refractivity contribution in [2.45, 2.75) is 31.0 Å². The van der Waals surface area contributed by atoms with Crippen molar-refractivity contribution in [2.75, 3.05) is 34.0 Å². The molecular formula is C26H30N2O7. The molecule has 2 aliphatic rings. The third-order valence-corrected chi connectivity index (χ3v) is 6.94. The summed E-state index contributed by atoms with van der Waals surface area (Å²) in [4.78, 5) is 38.9. The van der Waals surface area contributed by atoms with E-state index < -0.39 is 42.1 Å². The van der Waals surface area contributed by atoms with Gasteiger partial charge in [0.15, 0.2) is 0 Å². The van der Waals surface area contributed by atoms with Crippen LogP contribution in [-0.2, 0) is 23.8 Å². The van der Waals surface area contributed by atoms with Crippen molar-refractivity contribution < 1.29 is 33.7 Å². The number of fused-ring (bicyclic) bond motifs is 3. The van der Waals surface area contributed by atoms with Gasteiger partial charge in [0.1, 0.15) is 18.6 Å². The largest absolute Gasteiger partial charge is 0.481 e. The first-order chi connectivity index (χ1) is 16.8. The van der Waals surface area contributed by atoms with Crippen LogP contribution in [0.1, 0.15) is 24.0 Å². The van der Waals surface area contributed by atoms with Gasteiger partial charge in [-0.15, -0.1) is 0 Å². The molecule has 0 bridgehead atoms. The van der Waals surface area contributed by atoms with Gasteiger partial charge in [-0.25, -0.2) is 4.79 Å². The maximum atomic E-state index is 13.2. The SMILES string of the molecule is COC(C)C(NC(=O)OCC1c2ccccc2-c2ccccc21)C(=O)N(C)C1COCC1C(=O)O. The highest BCUT2D eigenvalue weighted by Crippen LogP contribution is 2.44. The Morgan fingerprint density at radius 2 is 1.69 bits per heavy atom. The highest BCUT2D eigenvalue weighted by Gasteiger charge is 2.41. The molecule has 2 N–H and O–H groups in total. The monoisotopic (exact) mass is 482 g/mol. The highest BCUT2D eigenvalue weighted by molar-refractivity contribution is 5.87. The molecule has 1 aliphatic carbocycles. The smallest absolute Gasteiger partial charge is 0.407 e. The molecule has 35 heavy (non-hydrogen) atoms. The van der Waals surface area contributed by atoms with E-state index in [0.29, 0.717) is 0 Å². The van der Waals surface area contributed by atoms with Gasteiger partial charge in [0.2, 0.25) is 5.91 Å². The van der Waals surface area contributed by atoms with E-state index in [-0.39, 0.29) is 25.7 Å². The fourth-order valence-corrected chi connectivity index (χ4v) is 4.83. The zero-order chi connectivity index (χ0) is 25.1. The highest BCUT2D eigenvalue weighted by atomic mass is 16.5. The number of hydrogen-bond donors (Lipinski definition) is 2. The number of rotatable bonds is 8. The third-order valence-electron chi connectivity index (χ3n) is 6.94. The Hall–Kier alpha value is -3.43. The molecule has 0 saturated carbocycles. The Bertz CT molecular complexity index is 1060. The Morgan fingerprint density at radius 1 is 1.09 bits per heavy atom. The van der Waals surface area contributed by atoms with Crippen LogP contribution < -0.4 is 5.32 Å². The van der Waals surface area contributed by atoms with Crippen LogP contribution in [0.2, 0.25) is 0 Å². The summed E-state index contributed by atoms with van der Waals surface area (Å²) in [7, 11) is 2.94. The molecule has 0 spiro atoms. The van der Waals surface area contributed by atoms with Gasteiger partial charge in [-0.1, -0.05) is 48.5 Å². The summed E-state index contributed by atoms with van der Waals surface area (Å²) >= 11 is 0. The van der Waals surface area contributed by atoms with Gasteiger partial charge in [0, 0.05) is 20.1 Å². The molecule has 9 nitrogen and oxygen atoms in total. The van der Waals surface area contributed by atoms with E-state index in [1.807, 2.05) is 36.4 Å². The minimum Gasteiger partial charge on any atom is -0.481 e. The van der Waals surface area contributed by atoms with Gasteiger partial charge >= 0.3 is 12.1 Å². The van der Waals surface area contributed by atoms with Crippen molar-refractivity contribution in [3.63, 3.8) is 0 Å². The number of carboxylic acids is 1. The molecule has 186 valence electrons. The second-order valence-corrected chi connectivity index (χ2v) is 8.89. The van der Waals surface area contributed by atoms with Crippen molar-refractivity contribution in [3.8, 4) is 11.1 Å². The standard InChI is InChI=1S/C26H30N2O7/c1-15(33-3)23(24(29)28(2)22-14-34-12-21(22)25(30)31)27-26(32)35-13-20-18-10-6-4-8-16(18)17-9-5-7-11-19(17)20/h4-11,15,20-23H,12-14H2,1-3H3,(H,27,32)(H,30,31). The number of benzene rings is 2. The Kier molecular flexibility index (Phi) is 7.37. The number of nitrogens with one attached hydrogen (secondary N) is 1. The fourth-order valence-electron chi connectivity index (χ4n) is 4.83. The number of amides is 2. The number of ether oxygens (including phenoxy) is 3. The van der Waals surface area contributed by atoms with Gasteiger partial charge in [-0.2, -0.15) is 0 Å². The van der Waals surface area contributed by atoms with Crippen LogP contribution >= 0.6 is 0 Å². The zero-order valence-electron chi connectivity index (χ0n) is 20.0. The number of alkyl carbamates (subject to hydrolysis) is 1. The first-order valence-corrected chi connectivity index (χ1v) is 11.5. The molecule has 9 heteroatoms. The Labute approximate surface area is 204 Å². The van der Waals surface area contributed by atoms with E-state index in [2.05, 4.69) is 17.4 Å². The number of aliphatic carboxylic acids is 1. The number of likely N-dealkylation sites (N-methyl/N-ethyl adjacent to an activating group) is 1. The molecule has 2 aromatic carbocycles. The second-order valence-electron chi connectivity index (χ2n) is 8.89. The molecule has 1 aliphatic heterocycles. The predicted octanol–water partition coefficient (Wildman–Crippen LogP) is 2.49. The van der Waals surface area contributed by atoms with Crippen LogP contribution in [0.25, 0.3) is 11.1 Å². The molecule has 2 aromatic rings. The van der Waals surface area contributed by atoms with Crippen molar-refractivity contribution in [2.24, 2.45) is 5.92 Å². The molecule has 4 unspecified atom stereocenters. The van der Waals surface area contributed by atoms with E-state index in [4.69, 9.17) is 14.2 Å². The van der Waals surface area contributed by atoms with E-state index in [1.165, 1.54) is 19.1 Å². The third kappa shape index (κ3) is 4.87. The Balaban J connectivity index is 1.44. The maximum Gasteiger partial charge on any atom is 0.407 e. The van der Waals surface area contributed by atoms with E-state index in [0.717, 1.165) is 22.3 Å². The molecule has 1 heterocycles. The van der Waals surface area contributed by atoms with Crippen LogP contribution in [0.15, 0.2) is 48.5 Å². The van der Waals surface area contributed by atoms with Crippen LogP contribution in [0.4, 0.5) is 4.79 Å². The topological polar surface area (TPSA) is 114 Å². The van der Waals surface area contributed by atoms with Crippen molar-refractivity contribution in [1.29, 1.82) is 0 Å². The van der Waals surface area contributed by atoms with Crippen LogP contribution in [0, 0.1) is 5.92 Å². The summed E-state index contributed by atoms with van der Waals surface area (Å²) in [6, 6.07) is 14.3. The van der Waals surface area contributed by atoms with E-state index in [1.54, 1.807) is 6.92 Å². The summed E-state index contributed by atoms with van der Waals surface area (Å²) in [5, 5.41) is 12.1. The molecule has 0 radical (unpaired) electrons. The summed E-state index contributed by atoms with van der Waals surface area (Å²) < 4.78 is 16.2. The number of carbonyl (C=O) groups is 3. The number of nitrogens with zero attached hydrogens (tertiary/aromatic N) is 1. The van der Waals surface area contributed by atoms with Crippen LogP contribution in [-0.4, -0.2) is 80.1 Å². The van der Waals surface area contributed by atoms with Gasteiger partial charge in [-0.05, 0) is 29.2 Å². The number of hydrogen-bond acceptors (Lipinski definition) is 6. The van der Waals surface area contributed by atoms with Gasteiger partial charge in [-0.3, -0.25) is 9.59 Å². The van der Waals surface area contributed by atoms with Crippen molar-refractivity contribution in [1.82, 2.24) is 10.2 Å². The first kappa shape index (κ1) is 24.7. The van der Waals surface area contributed by atoms with Crippen LogP contribution in [0.3, 0.4) is 0 Å². The quantitative estimate of drug-likeness (QED) is 0.594.